The van der Waals surface area contributed by atoms with Gasteiger partial charge in [0.1, 0.15) is 24.0 Å². The number of nitrogens with zero attached hydrogens (tertiary/aromatic N) is 1. The van der Waals surface area contributed by atoms with Crippen molar-refractivity contribution in [2.75, 3.05) is 5.73 Å². The number of aromatic nitrogens is 1. The number of amidine groups is 1. The molecule has 0 unspecified atom stereocenters. The molecule has 5 heteroatoms. The SMILES string of the molecule is N=C(N)c1c(-c2ccc(OCc3ccccc3)cc2)cc(C2CCCC2)nc1N. The fraction of sp³-hybridized carbons (Fsp3) is 0.250. The number of nitrogens with two attached hydrogens (primary N) is 2. The maximum Gasteiger partial charge on any atom is 0.135 e. The molecule has 5 N–H and O–H groups in total. The van der Waals surface area contributed by atoms with E-state index in [-0.39, 0.29) is 5.84 Å². The van der Waals surface area contributed by atoms with Gasteiger partial charge in [0.15, 0.2) is 0 Å². The van der Waals surface area contributed by atoms with Gasteiger partial charge in [0, 0.05) is 11.6 Å². The Morgan fingerprint density at radius 2 is 1.72 bits per heavy atom. The molecule has 1 saturated carbocycles. The van der Waals surface area contributed by atoms with E-state index in [1.807, 2.05) is 54.6 Å². The predicted molar refractivity (Wildman–Crippen MR) is 117 cm³/mol. The molecule has 0 radical (unpaired) electrons. The summed E-state index contributed by atoms with van der Waals surface area (Å²) < 4.78 is 5.89. The van der Waals surface area contributed by atoms with Crippen LogP contribution in [0.1, 0.15) is 48.4 Å². The van der Waals surface area contributed by atoms with E-state index in [0.717, 1.165) is 41.0 Å². The molecule has 0 spiro atoms. The maximum absolute atomic E-state index is 7.98. The van der Waals surface area contributed by atoms with Gasteiger partial charge in [0.25, 0.3) is 0 Å². The van der Waals surface area contributed by atoms with Gasteiger partial charge in [0.05, 0.1) is 5.56 Å². The summed E-state index contributed by atoms with van der Waals surface area (Å²) in [5, 5.41) is 7.98. The second-order valence-corrected chi connectivity index (χ2v) is 7.55. The lowest BCUT2D eigenvalue weighted by molar-refractivity contribution is 0.306. The quantitative estimate of drug-likeness (QED) is 0.416. The Morgan fingerprint density at radius 1 is 1.03 bits per heavy atom. The average Bonchev–Trinajstić information content (AvgIpc) is 3.27. The molecule has 148 valence electrons. The van der Waals surface area contributed by atoms with Crippen LogP contribution in [0.5, 0.6) is 5.75 Å². The van der Waals surface area contributed by atoms with Crippen molar-refractivity contribution in [2.24, 2.45) is 5.73 Å². The first-order chi connectivity index (χ1) is 14.1. The number of rotatable bonds is 6. The molecule has 2 aromatic carbocycles. The molecule has 0 aliphatic heterocycles. The minimum Gasteiger partial charge on any atom is -0.489 e. The predicted octanol–water partition coefficient (Wildman–Crippen LogP) is 4.85. The van der Waals surface area contributed by atoms with E-state index in [1.54, 1.807) is 0 Å². The van der Waals surface area contributed by atoms with E-state index in [2.05, 4.69) is 11.1 Å². The summed E-state index contributed by atoms with van der Waals surface area (Å²) >= 11 is 0. The van der Waals surface area contributed by atoms with Crippen LogP contribution >= 0.6 is 0 Å². The van der Waals surface area contributed by atoms with Crippen LogP contribution in [0.2, 0.25) is 0 Å². The first-order valence-electron chi connectivity index (χ1n) is 10.0. The number of nitrogen functional groups attached to an aromatic ring is 2. The summed E-state index contributed by atoms with van der Waals surface area (Å²) in [5.74, 6) is 1.50. The number of pyridine rings is 1. The van der Waals surface area contributed by atoms with Crippen molar-refractivity contribution in [1.82, 2.24) is 4.98 Å². The van der Waals surface area contributed by atoms with Crippen LogP contribution in [0.15, 0.2) is 60.7 Å². The van der Waals surface area contributed by atoms with Gasteiger partial charge in [-0.1, -0.05) is 55.3 Å². The van der Waals surface area contributed by atoms with Crippen molar-refractivity contribution >= 4 is 11.7 Å². The minimum atomic E-state index is -0.0626. The zero-order chi connectivity index (χ0) is 20.2. The number of hydrogen-bond acceptors (Lipinski definition) is 4. The first kappa shape index (κ1) is 19.0. The highest BCUT2D eigenvalue weighted by Crippen LogP contribution is 2.37. The van der Waals surface area contributed by atoms with E-state index in [9.17, 15) is 0 Å². The molecule has 1 aromatic heterocycles. The number of ether oxygens (including phenoxy) is 1. The molecular weight excluding hydrogens is 360 g/mol. The molecule has 0 bridgehead atoms. The molecule has 5 nitrogen and oxygen atoms in total. The van der Waals surface area contributed by atoms with Crippen LogP contribution in [0.3, 0.4) is 0 Å². The first-order valence-corrected chi connectivity index (χ1v) is 10.0. The summed E-state index contributed by atoms with van der Waals surface area (Å²) in [4.78, 5) is 4.58. The van der Waals surface area contributed by atoms with Gasteiger partial charge >= 0.3 is 0 Å². The summed E-state index contributed by atoms with van der Waals surface area (Å²) in [6.07, 6.45) is 4.72. The highest BCUT2D eigenvalue weighted by Gasteiger charge is 2.22. The summed E-state index contributed by atoms with van der Waals surface area (Å²) in [6.45, 7) is 0.521. The molecule has 0 atom stereocenters. The molecule has 1 fully saturated rings. The summed E-state index contributed by atoms with van der Waals surface area (Å²) in [5.41, 5.74) is 16.5. The lowest BCUT2D eigenvalue weighted by Crippen LogP contribution is -2.17. The number of anilines is 1. The third kappa shape index (κ3) is 4.24. The van der Waals surface area contributed by atoms with Crippen molar-refractivity contribution in [3.8, 4) is 16.9 Å². The smallest absolute Gasteiger partial charge is 0.135 e. The van der Waals surface area contributed by atoms with E-state index in [4.69, 9.17) is 21.6 Å². The molecule has 0 amide bonds. The molecule has 1 aliphatic rings. The molecule has 1 heterocycles. The third-order valence-corrected chi connectivity index (χ3v) is 5.52. The number of hydrogen-bond donors (Lipinski definition) is 3. The maximum atomic E-state index is 7.98. The monoisotopic (exact) mass is 386 g/mol. The lowest BCUT2D eigenvalue weighted by Gasteiger charge is -2.16. The van der Waals surface area contributed by atoms with Crippen molar-refractivity contribution in [3.63, 3.8) is 0 Å². The van der Waals surface area contributed by atoms with Gasteiger partial charge in [-0.2, -0.15) is 0 Å². The fourth-order valence-corrected chi connectivity index (χ4v) is 4.00. The molecule has 29 heavy (non-hydrogen) atoms. The Bertz CT molecular complexity index is 993. The van der Waals surface area contributed by atoms with Crippen LogP contribution in [-0.2, 0) is 6.61 Å². The highest BCUT2D eigenvalue weighted by molar-refractivity contribution is 6.05. The zero-order valence-corrected chi connectivity index (χ0v) is 16.4. The molecular formula is C24H26N4O. The molecule has 3 aromatic rings. The molecule has 1 aliphatic carbocycles. The minimum absolute atomic E-state index is 0.0626. The van der Waals surface area contributed by atoms with Gasteiger partial charge < -0.3 is 16.2 Å². The average molecular weight is 386 g/mol. The molecule has 0 saturated heterocycles. The topological polar surface area (TPSA) is 98.0 Å². The van der Waals surface area contributed by atoms with Crippen molar-refractivity contribution in [2.45, 2.75) is 38.2 Å². The second-order valence-electron chi connectivity index (χ2n) is 7.55. The van der Waals surface area contributed by atoms with Crippen LogP contribution in [0.25, 0.3) is 11.1 Å². The zero-order valence-electron chi connectivity index (χ0n) is 16.4. The highest BCUT2D eigenvalue weighted by atomic mass is 16.5. The Kier molecular flexibility index (Phi) is 5.47. The molecule has 4 rings (SSSR count). The number of nitrogens with one attached hydrogen (secondary N) is 1. The normalized spacial score (nSPS) is 14.1. The van der Waals surface area contributed by atoms with Crippen molar-refractivity contribution < 1.29 is 4.74 Å². The van der Waals surface area contributed by atoms with Crippen LogP contribution < -0.4 is 16.2 Å². The van der Waals surface area contributed by atoms with Crippen molar-refractivity contribution in [3.05, 3.63) is 77.5 Å². The lowest BCUT2D eigenvalue weighted by atomic mass is 9.94. The van der Waals surface area contributed by atoms with Crippen LogP contribution in [0.4, 0.5) is 5.82 Å². The van der Waals surface area contributed by atoms with E-state index in [1.165, 1.54) is 12.8 Å². The van der Waals surface area contributed by atoms with Crippen LogP contribution in [0, 0.1) is 5.41 Å². The Labute approximate surface area is 171 Å². The van der Waals surface area contributed by atoms with Gasteiger partial charge in [-0.05, 0) is 47.7 Å². The van der Waals surface area contributed by atoms with Gasteiger partial charge in [0.2, 0.25) is 0 Å². The Hall–Kier alpha value is -3.34. The Morgan fingerprint density at radius 3 is 2.38 bits per heavy atom. The van der Waals surface area contributed by atoms with Gasteiger partial charge in [-0.3, -0.25) is 5.41 Å². The van der Waals surface area contributed by atoms with Crippen LogP contribution in [-0.4, -0.2) is 10.8 Å². The van der Waals surface area contributed by atoms with Gasteiger partial charge in [-0.15, -0.1) is 0 Å². The van der Waals surface area contributed by atoms with Crippen molar-refractivity contribution in [1.29, 1.82) is 5.41 Å². The summed E-state index contributed by atoms with van der Waals surface area (Å²) in [6, 6.07) is 20.0. The summed E-state index contributed by atoms with van der Waals surface area (Å²) in [7, 11) is 0. The number of benzene rings is 2. The standard InChI is InChI=1S/C24H26N4O/c25-23(26)22-20(14-21(28-24(22)27)18-8-4-5-9-18)17-10-12-19(13-11-17)29-15-16-6-2-1-3-7-16/h1-3,6-7,10-14,18H,4-5,8-9,15H2,(H3,25,26)(H2,27,28). The third-order valence-electron chi connectivity index (χ3n) is 5.52. The van der Waals surface area contributed by atoms with E-state index < -0.39 is 0 Å². The largest absolute Gasteiger partial charge is 0.489 e. The van der Waals surface area contributed by atoms with E-state index >= 15 is 0 Å². The fourth-order valence-electron chi connectivity index (χ4n) is 4.00. The van der Waals surface area contributed by atoms with Gasteiger partial charge in [-0.25, -0.2) is 4.98 Å². The second kappa shape index (κ2) is 8.35. The Balaban J connectivity index is 1.61. The van der Waals surface area contributed by atoms with E-state index in [0.29, 0.717) is 23.9 Å².